The van der Waals surface area contributed by atoms with Gasteiger partial charge >= 0.3 is 0 Å². The first-order valence-electron chi connectivity index (χ1n) is 20.1. The predicted octanol–water partition coefficient (Wildman–Crippen LogP) is 14.9. The number of anilines is 6. The molecule has 4 aliphatic carbocycles. The maximum Gasteiger partial charge on any atom is 0.0601 e. The molecule has 0 atom stereocenters. The zero-order chi connectivity index (χ0) is 36.3. The van der Waals surface area contributed by atoms with E-state index in [1.807, 2.05) is 11.8 Å². The molecular formula is C52H44N2S. The van der Waals surface area contributed by atoms with Gasteiger partial charge in [-0.2, -0.15) is 0 Å². The van der Waals surface area contributed by atoms with Gasteiger partial charge in [-0.05, 0) is 162 Å². The Morgan fingerprint density at radius 1 is 0.436 bits per heavy atom. The Labute approximate surface area is 329 Å². The van der Waals surface area contributed by atoms with Gasteiger partial charge in [0.1, 0.15) is 0 Å². The zero-order valence-electron chi connectivity index (χ0n) is 31.0. The summed E-state index contributed by atoms with van der Waals surface area (Å²) >= 11 is 1.85. The molecule has 4 bridgehead atoms. The maximum absolute atomic E-state index is 2.48. The summed E-state index contributed by atoms with van der Waals surface area (Å²) in [5.41, 5.74) is 14.0. The summed E-state index contributed by atoms with van der Waals surface area (Å²) in [4.78, 5) is 7.41. The number of nitrogens with zero attached hydrogens (tertiary/aromatic N) is 2. The van der Waals surface area contributed by atoms with Gasteiger partial charge in [0, 0.05) is 32.5 Å². The molecule has 12 rings (SSSR count). The fourth-order valence-electron chi connectivity index (χ4n) is 11.0. The monoisotopic (exact) mass is 728 g/mol. The third kappa shape index (κ3) is 5.79. The first-order chi connectivity index (χ1) is 27.2. The number of hydrogen-bond acceptors (Lipinski definition) is 3. The van der Waals surface area contributed by atoms with Crippen LogP contribution in [0.1, 0.15) is 44.1 Å². The summed E-state index contributed by atoms with van der Waals surface area (Å²) in [5.74, 6) is 2.80. The molecular weight excluding hydrogens is 685 g/mol. The molecule has 0 spiro atoms. The topological polar surface area (TPSA) is 6.48 Å². The number of benzene rings is 7. The van der Waals surface area contributed by atoms with Gasteiger partial charge in [0.15, 0.2) is 0 Å². The van der Waals surface area contributed by atoms with E-state index in [9.17, 15) is 0 Å². The summed E-state index contributed by atoms with van der Waals surface area (Å²) in [6.45, 7) is 0. The average Bonchev–Trinajstić information content (AvgIpc) is 3.23. The van der Waals surface area contributed by atoms with Crippen molar-refractivity contribution >= 4 is 45.9 Å². The molecule has 1 heterocycles. The highest BCUT2D eigenvalue weighted by molar-refractivity contribution is 7.99. The second kappa shape index (κ2) is 13.4. The van der Waals surface area contributed by atoms with Crippen LogP contribution in [0.2, 0.25) is 0 Å². The van der Waals surface area contributed by atoms with Crippen molar-refractivity contribution in [1.29, 1.82) is 0 Å². The molecule has 2 nitrogen and oxygen atoms in total. The maximum atomic E-state index is 2.48. The fourth-order valence-corrected chi connectivity index (χ4v) is 12.1. The lowest BCUT2D eigenvalue weighted by Crippen LogP contribution is -2.48. The van der Waals surface area contributed by atoms with Gasteiger partial charge in [-0.1, -0.05) is 115 Å². The molecule has 0 aromatic heterocycles. The molecule has 5 aliphatic rings. The van der Waals surface area contributed by atoms with Crippen molar-refractivity contribution in [3.8, 4) is 22.3 Å². The number of fused-ring (bicyclic) bond motifs is 2. The molecule has 0 unspecified atom stereocenters. The normalized spacial score (nSPS) is 21.9. The Morgan fingerprint density at radius 3 is 1.42 bits per heavy atom. The van der Waals surface area contributed by atoms with Crippen LogP contribution in [-0.4, -0.2) is 0 Å². The molecule has 3 heteroatoms. The molecule has 55 heavy (non-hydrogen) atoms. The van der Waals surface area contributed by atoms with Gasteiger partial charge in [0.05, 0.1) is 11.4 Å². The van der Waals surface area contributed by atoms with Gasteiger partial charge in [-0.3, -0.25) is 0 Å². The van der Waals surface area contributed by atoms with Crippen LogP contribution in [0.4, 0.5) is 34.1 Å². The quantitative estimate of drug-likeness (QED) is 0.161. The fraction of sp³-hybridized carbons (Fsp3) is 0.192. The lowest BCUT2D eigenvalue weighted by Gasteiger charge is -2.57. The molecule has 0 N–H and O–H groups in total. The summed E-state index contributed by atoms with van der Waals surface area (Å²) in [5, 5.41) is 0. The summed E-state index contributed by atoms with van der Waals surface area (Å²) < 4.78 is 0. The largest absolute Gasteiger partial charge is 0.311 e. The number of hydrogen-bond donors (Lipinski definition) is 0. The van der Waals surface area contributed by atoms with E-state index in [4.69, 9.17) is 0 Å². The van der Waals surface area contributed by atoms with E-state index in [2.05, 4.69) is 186 Å². The highest BCUT2D eigenvalue weighted by atomic mass is 32.2. The standard InChI is InChI=1S/C52H44N2S/c1-2-10-39(11-3-1)46-12-4-5-13-47(46)40-18-22-42(23-19-40)53(43-24-20-41(21-25-43)52-33-36-30-37(34-52)32-38(31-36)35-52)44-26-28-45(29-27-44)54-48-14-6-8-16-50(48)55-51-17-9-7-15-49(51)54/h1-29,36-38H,30-35H2. The SMILES string of the molecule is c1ccc(-c2ccccc2-c2ccc(N(c3ccc(N4c5ccccc5Sc5ccccc54)cc3)c3ccc(C45CC6CC(CC(C6)C4)C5)cc3)cc2)cc1. The molecule has 7 aromatic rings. The summed E-state index contributed by atoms with van der Waals surface area (Å²) in [7, 11) is 0. The molecule has 0 saturated heterocycles. The van der Waals surface area contributed by atoms with E-state index in [0.29, 0.717) is 5.41 Å². The van der Waals surface area contributed by atoms with Crippen LogP contribution in [0.15, 0.2) is 186 Å². The first kappa shape index (κ1) is 32.9. The van der Waals surface area contributed by atoms with Crippen LogP contribution in [-0.2, 0) is 5.41 Å². The molecule has 0 radical (unpaired) electrons. The van der Waals surface area contributed by atoms with Crippen LogP contribution >= 0.6 is 11.8 Å². The second-order valence-electron chi connectivity index (χ2n) is 16.4. The van der Waals surface area contributed by atoms with Gasteiger partial charge in [-0.15, -0.1) is 0 Å². The second-order valence-corrected chi connectivity index (χ2v) is 17.5. The lowest BCUT2D eigenvalue weighted by molar-refractivity contribution is -0.00518. The van der Waals surface area contributed by atoms with Crippen LogP contribution in [0.25, 0.3) is 22.3 Å². The lowest BCUT2D eigenvalue weighted by atomic mass is 9.48. The minimum absolute atomic E-state index is 0.382. The molecule has 268 valence electrons. The Morgan fingerprint density at radius 2 is 0.873 bits per heavy atom. The van der Waals surface area contributed by atoms with E-state index in [1.165, 1.54) is 87.6 Å². The first-order valence-corrected chi connectivity index (χ1v) is 20.9. The molecule has 0 amide bonds. The van der Waals surface area contributed by atoms with Crippen molar-refractivity contribution in [3.63, 3.8) is 0 Å². The van der Waals surface area contributed by atoms with E-state index in [-0.39, 0.29) is 0 Å². The van der Waals surface area contributed by atoms with Crippen LogP contribution in [0.3, 0.4) is 0 Å². The molecule has 7 aromatic carbocycles. The number of para-hydroxylation sites is 2. The van der Waals surface area contributed by atoms with Gasteiger partial charge in [-0.25, -0.2) is 0 Å². The Hall–Kier alpha value is -5.51. The van der Waals surface area contributed by atoms with Crippen molar-refractivity contribution in [2.75, 3.05) is 9.80 Å². The molecule has 4 fully saturated rings. The van der Waals surface area contributed by atoms with Gasteiger partial charge in [0.2, 0.25) is 0 Å². The summed E-state index contributed by atoms with van der Waals surface area (Å²) in [6.07, 6.45) is 8.57. The Kier molecular flexibility index (Phi) is 7.98. The van der Waals surface area contributed by atoms with Crippen molar-refractivity contribution in [1.82, 2.24) is 0 Å². The summed E-state index contributed by atoms with van der Waals surface area (Å²) in [6, 6.07) is 65.1. The van der Waals surface area contributed by atoms with Crippen LogP contribution in [0, 0.1) is 17.8 Å². The van der Waals surface area contributed by atoms with Crippen molar-refractivity contribution in [3.05, 3.63) is 181 Å². The van der Waals surface area contributed by atoms with Crippen molar-refractivity contribution in [2.45, 2.75) is 53.7 Å². The van der Waals surface area contributed by atoms with Crippen LogP contribution in [0.5, 0.6) is 0 Å². The van der Waals surface area contributed by atoms with Crippen molar-refractivity contribution < 1.29 is 0 Å². The van der Waals surface area contributed by atoms with Gasteiger partial charge < -0.3 is 9.80 Å². The minimum atomic E-state index is 0.382. The smallest absolute Gasteiger partial charge is 0.0601 e. The van der Waals surface area contributed by atoms with E-state index in [0.717, 1.165) is 34.8 Å². The molecule has 1 aliphatic heterocycles. The van der Waals surface area contributed by atoms with E-state index < -0.39 is 0 Å². The van der Waals surface area contributed by atoms with E-state index in [1.54, 1.807) is 5.56 Å². The predicted molar refractivity (Wildman–Crippen MR) is 231 cm³/mol. The third-order valence-corrected chi connectivity index (χ3v) is 14.2. The Bertz CT molecular complexity index is 2410. The highest BCUT2D eigenvalue weighted by Gasteiger charge is 2.51. The van der Waals surface area contributed by atoms with Crippen LogP contribution < -0.4 is 9.80 Å². The average molecular weight is 729 g/mol. The Balaban J connectivity index is 0.978. The van der Waals surface area contributed by atoms with Crippen molar-refractivity contribution in [2.24, 2.45) is 17.8 Å². The molecule has 4 saturated carbocycles. The van der Waals surface area contributed by atoms with Gasteiger partial charge in [0.25, 0.3) is 0 Å². The number of rotatable bonds is 7. The highest BCUT2D eigenvalue weighted by Crippen LogP contribution is 2.61. The minimum Gasteiger partial charge on any atom is -0.311 e. The third-order valence-electron chi connectivity index (χ3n) is 13.0. The zero-order valence-corrected chi connectivity index (χ0v) is 31.8. The van der Waals surface area contributed by atoms with E-state index >= 15 is 0 Å².